The summed E-state index contributed by atoms with van der Waals surface area (Å²) in [6.07, 6.45) is -0.549. The van der Waals surface area contributed by atoms with Gasteiger partial charge in [-0.1, -0.05) is 25.2 Å². The molecule has 13 heteroatoms. The van der Waals surface area contributed by atoms with Crippen LogP contribution in [0.4, 0.5) is 30.1 Å². The normalized spacial score (nSPS) is 15.1. The highest BCUT2D eigenvalue weighted by Crippen LogP contribution is 2.41. The minimum Gasteiger partial charge on any atom is -0.467 e. The van der Waals surface area contributed by atoms with Gasteiger partial charge in [0.1, 0.15) is 39.6 Å². The zero-order valence-electron chi connectivity index (χ0n) is 28.0. The predicted octanol–water partition coefficient (Wildman–Crippen LogP) is 7.39. The van der Waals surface area contributed by atoms with E-state index in [9.17, 15) is 19.2 Å². The van der Waals surface area contributed by atoms with Gasteiger partial charge in [-0.2, -0.15) is 5.26 Å². The molecule has 1 aliphatic heterocycles. The van der Waals surface area contributed by atoms with Gasteiger partial charge in [-0.3, -0.25) is 0 Å². The standard InChI is InChI=1S/C35H38F2N6O4S/c1-8-42(33-40-30(29(18-38)48-33)21-9-11-22(36)12-10-21)27-17-26(20(2)3)39-31-24(27)15-23(16-25(31)37)43-14-13-41(19-28(43)32(44)46-7)34(45)47-35(4,5)6/h9-12,15-17,20,28H,8,13-14,19H2,1-7H3/t28-/m0/s1. The largest absolute Gasteiger partial charge is 0.467 e. The van der Waals surface area contributed by atoms with E-state index in [0.29, 0.717) is 50.3 Å². The van der Waals surface area contributed by atoms with E-state index in [1.807, 2.05) is 31.7 Å². The number of hydrogen-bond donors (Lipinski definition) is 0. The molecule has 0 saturated carbocycles. The van der Waals surface area contributed by atoms with E-state index in [1.165, 1.54) is 41.5 Å². The van der Waals surface area contributed by atoms with Crippen molar-refractivity contribution >= 4 is 50.8 Å². The van der Waals surface area contributed by atoms with Crippen LogP contribution in [-0.2, 0) is 14.3 Å². The predicted molar refractivity (Wildman–Crippen MR) is 182 cm³/mol. The van der Waals surface area contributed by atoms with Crippen LogP contribution in [0.2, 0.25) is 0 Å². The number of pyridine rings is 1. The van der Waals surface area contributed by atoms with Crippen LogP contribution in [0.1, 0.15) is 58.0 Å². The molecule has 0 aliphatic carbocycles. The number of nitrogens with zero attached hydrogens (tertiary/aromatic N) is 6. The van der Waals surface area contributed by atoms with Crippen molar-refractivity contribution in [3.8, 4) is 17.3 Å². The number of benzene rings is 2. The zero-order valence-corrected chi connectivity index (χ0v) is 28.8. The van der Waals surface area contributed by atoms with Crippen LogP contribution in [0.25, 0.3) is 22.2 Å². The minimum atomic E-state index is -0.919. The summed E-state index contributed by atoms with van der Waals surface area (Å²) in [7, 11) is 1.27. The summed E-state index contributed by atoms with van der Waals surface area (Å²) in [6, 6.07) is 12.1. The number of hydrogen-bond acceptors (Lipinski definition) is 10. The van der Waals surface area contributed by atoms with Crippen molar-refractivity contribution in [3.05, 3.63) is 64.7 Å². The number of esters is 1. The van der Waals surface area contributed by atoms with Crippen molar-refractivity contribution in [3.63, 3.8) is 0 Å². The molecule has 10 nitrogen and oxygen atoms in total. The molecule has 5 rings (SSSR count). The number of nitriles is 1. The van der Waals surface area contributed by atoms with Crippen LogP contribution < -0.4 is 9.80 Å². The number of rotatable bonds is 7. The second-order valence-electron chi connectivity index (χ2n) is 12.7. The highest BCUT2D eigenvalue weighted by Gasteiger charge is 2.37. The second-order valence-corrected chi connectivity index (χ2v) is 13.7. The summed E-state index contributed by atoms with van der Waals surface area (Å²) in [5.74, 6) is -1.58. The summed E-state index contributed by atoms with van der Waals surface area (Å²) in [4.78, 5) is 40.9. The van der Waals surface area contributed by atoms with Gasteiger partial charge in [0.2, 0.25) is 0 Å². The maximum atomic E-state index is 16.2. The van der Waals surface area contributed by atoms with E-state index in [2.05, 4.69) is 11.1 Å². The zero-order chi connectivity index (χ0) is 34.9. The molecule has 252 valence electrons. The summed E-state index contributed by atoms with van der Waals surface area (Å²) in [5.41, 5.74) is 2.16. The highest BCUT2D eigenvalue weighted by molar-refractivity contribution is 7.16. The third kappa shape index (κ3) is 7.04. The quantitative estimate of drug-likeness (QED) is 0.185. The molecular formula is C35H38F2N6O4S. The first-order valence-corrected chi connectivity index (χ1v) is 16.5. The Morgan fingerprint density at radius 1 is 1.12 bits per heavy atom. The molecule has 1 saturated heterocycles. The molecular weight excluding hydrogens is 638 g/mol. The Morgan fingerprint density at radius 3 is 2.44 bits per heavy atom. The number of halogens is 2. The smallest absolute Gasteiger partial charge is 0.410 e. The fourth-order valence-electron chi connectivity index (χ4n) is 5.59. The number of carbonyl (C=O) groups is 2. The SMILES string of the molecule is CCN(c1nc(-c2ccc(F)cc2)c(C#N)s1)c1cc(C(C)C)nc2c(F)cc(N3CCN(C(=O)OC(C)(C)C)C[C@H]3C(=O)OC)cc12. The maximum Gasteiger partial charge on any atom is 0.410 e. The molecule has 0 spiro atoms. The van der Waals surface area contributed by atoms with Gasteiger partial charge >= 0.3 is 12.1 Å². The number of amides is 1. The monoisotopic (exact) mass is 676 g/mol. The summed E-state index contributed by atoms with van der Waals surface area (Å²) >= 11 is 1.18. The van der Waals surface area contributed by atoms with Gasteiger partial charge in [0.25, 0.3) is 0 Å². The molecule has 0 radical (unpaired) electrons. The van der Waals surface area contributed by atoms with Gasteiger partial charge in [-0.25, -0.2) is 28.3 Å². The summed E-state index contributed by atoms with van der Waals surface area (Å²) in [6.45, 7) is 12.0. The Hall–Kier alpha value is -4.83. The molecule has 0 bridgehead atoms. The Labute approximate surface area is 282 Å². The Bertz CT molecular complexity index is 1880. The van der Waals surface area contributed by atoms with Crippen molar-refractivity contribution in [2.75, 3.05) is 43.1 Å². The Morgan fingerprint density at radius 2 is 1.83 bits per heavy atom. The number of ether oxygens (including phenoxy) is 2. The average molecular weight is 677 g/mol. The topological polar surface area (TPSA) is 112 Å². The summed E-state index contributed by atoms with van der Waals surface area (Å²) in [5, 5.41) is 10.9. The van der Waals surface area contributed by atoms with Gasteiger partial charge < -0.3 is 24.2 Å². The fraction of sp³-hybridized carbons (Fsp3) is 0.400. The van der Waals surface area contributed by atoms with Crippen molar-refractivity contribution in [2.45, 2.75) is 59.1 Å². The minimum absolute atomic E-state index is 0.0120. The van der Waals surface area contributed by atoms with Crippen LogP contribution in [0.15, 0.2) is 42.5 Å². The Kier molecular flexibility index (Phi) is 9.86. The lowest BCUT2D eigenvalue weighted by Crippen LogP contribution is -2.58. The van der Waals surface area contributed by atoms with Crippen LogP contribution in [-0.4, -0.2) is 71.9 Å². The third-order valence-corrected chi connectivity index (χ3v) is 8.93. The highest BCUT2D eigenvalue weighted by atomic mass is 32.1. The number of methoxy groups -OCH3 is 1. The molecule has 4 aromatic rings. The van der Waals surface area contributed by atoms with E-state index in [-0.39, 0.29) is 31.1 Å². The molecule has 0 unspecified atom stereocenters. The first kappa shape index (κ1) is 34.5. The third-order valence-electron chi connectivity index (χ3n) is 7.95. The van der Waals surface area contributed by atoms with Gasteiger partial charge in [-0.05, 0) is 76.1 Å². The number of thiazole rings is 1. The molecule has 1 fully saturated rings. The molecule has 2 aromatic heterocycles. The van der Waals surface area contributed by atoms with Gasteiger partial charge in [0.15, 0.2) is 10.9 Å². The molecule has 1 atom stereocenters. The van der Waals surface area contributed by atoms with Crippen molar-refractivity contribution in [2.24, 2.45) is 0 Å². The lowest BCUT2D eigenvalue weighted by Gasteiger charge is -2.41. The number of fused-ring (bicyclic) bond motifs is 1. The van der Waals surface area contributed by atoms with Crippen LogP contribution in [0.3, 0.4) is 0 Å². The average Bonchev–Trinajstić information content (AvgIpc) is 3.48. The molecule has 48 heavy (non-hydrogen) atoms. The van der Waals surface area contributed by atoms with Crippen molar-refractivity contribution in [1.82, 2.24) is 14.9 Å². The maximum absolute atomic E-state index is 16.2. The number of piperazine rings is 1. The van der Waals surface area contributed by atoms with Crippen molar-refractivity contribution in [1.29, 1.82) is 5.26 Å². The van der Waals surface area contributed by atoms with E-state index in [1.54, 1.807) is 43.9 Å². The lowest BCUT2D eigenvalue weighted by atomic mass is 10.0. The number of carbonyl (C=O) groups excluding carboxylic acids is 2. The van der Waals surface area contributed by atoms with E-state index in [0.717, 1.165) is 0 Å². The summed E-state index contributed by atoms with van der Waals surface area (Å²) < 4.78 is 40.5. The molecule has 1 amide bonds. The van der Waals surface area contributed by atoms with E-state index in [4.69, 9.17) is 14.5 Å². The first-order valence-electron chi connectivity index (χ1n) is 15.7. The number of anilines is 3. The first-order chi connectivity index (χ1) is 22.7. The van der Waals surface area contributed by atoms with Crippen LogP contribution in [0.5, 0.6) is 0 Å². The molecule has 0 N–H and O–H groups in total. The Balaban J connectivity index is 1.62. The fourth-order valence-corrected chi connectivity index (χ4v) is 6.55. The van der Waals surface area contributed by atoms with Crippen LogP contribution in [0, 0.1) is 23.0 Å². The van der Waals surface area contributed by atoms with Gasteiger partial charge in [0.05, 0.1) is 19.3 Å². The molecule has 3 heterocycles. The molecule has 2 aromatic carbocycles. The molecule has 1 aliphatic rings. The van der Waals surface area contributed by atoms with E-state index >= 15 is 4.39 Å². The number of aromatic nitrogens is 2. The van der Waals surface area contributed by atoms with Gasteiger partial charge in [-0.15, -0.1) is 0 Å². The van der Waals surface area contributed by atoms with E-state index < -0.39 is 35.3 Å². The van der Waals surface area contributed by atoms with Crippen LogP contribution >= 0.6 is 11.3 Å². The van der Waals surface area contributed by atoms with Crippen molar-refractivity contribution < 1.29 is 27.8 Å². The lowest BCUT2D eigenvalue weighted by molar-refractivity contribution is -0.143. The van der Waals surface area contributed by atoms with Gasteiger partial charge in [0, 0.05) is 42.0 Å². The second kappa shape index (κ2) is 13.7.